The number of pyridine rings is 1. The molecule has 0 radical (unpaired) electrons. The Morgan fingerprint density at radius 1 is 1.03 bits per heavy atom. The first kappa shape index (κ1) is 21.9. The Labute approximate surface area is 178 Å². The number of benzene rings is 2. The van der Waals surface area contributed by atoms with E-state index in [4.69, 9.17) is 0 Å². The predicted molar refractivity (Wildman–Crippen MR) is 114 cm³/mol. The quantitative estimate of drug-likeness (QED) is 0.520. The van der Waals surface area contributed by atoms with Gasteiger partial charge in [0, 0.05) is 17.4 Å². The lowest BCUT2D eigenvalue weighted by Crippen LogP contribution is -2.32. The van der Waals surface area contributed by atoms with Crippen LogP contribution in [0.5, 0.6) is 0 Å². The summed E-state index contributed by atoms with van der Waals surface area (Å²) in [6.45, 7) is 1.23. The minimum atomic E-state index is -3.91. The Balaban J connectivity index is 1.58. The SMILES string of the molecule is Cc1cc(S(=O)(=O)Nc2ccc(C(=O)NCC(=O)Nc3cccnc3)cc2)ccc1F. The highest BCUT2D eigenvalue weighted by atomic mass is 32.2. The summed E-state index contributed by atoms with van der Waals surface area (Å²) < 4.78 is 40.6. The summed E-state index contributed by atoms with van der Waals surface area (Å²) in [5, 5.41) is 5.07. The van der Waals surface area contributed by atoms with E-state index in [1.165, 1.54) is 49.5 Å². The standard InChI is InChI=1S/C21H19FN4O4S/c1-14-11-18(8-9-19(14)22)31(29,30)26-16-6-4-15(5-7-16)21(28)24-13-20(27)25-17-3-2-10-23-12-17/h2-12,26H,13H2,1H3,(H,24,28)(H,25,27). The van der Waals surface area contributed by atoms with E-state index in [-0.39, 0.29) is 28.3 Å². The third kappa shape index (κ3) is 5.86. The summed E-state index contributed by atoms with van der Waals surface area (Å²) in [6, 6.07) is 12.5. The first-order chi connectivity index (χ1) is 14.7. The monoisotopic (exact) mass is 442 g/mol. The lowest BCUT2D eigenvalue weighted by molar-refractivity contribution is -0.115. The maximum atomic E-state index is 13.4. The number of halogens is 1. The number of hydrogen-bond donors (Lipinski definition) is 3. The molecule has 0 aliphatic heterocycles. The summed E-state index contributed by atoms with van der Waals surface area (Å²) >= 11 is 0. The van der Waals surface area contributed by atoms with Crippen LogP contribution in [0.4, 0.5) is 15.8 Å². The van der Waals surface area contributed by atoms with Crippen molar-refractivity contribution in [1.29, 1.82) is 0 Å². The number of sulfonamides is 1. The van der Waals surface area contributed by atoms with E-state index in [9.17, 15) is 22.4 Å². The van der Waals surface area contributed by atoms with Crippen LogP contribution in [0, 0.1) is 12.7 Å². The number of carbonyl (C=O) groups is 2. The summed E-state index contributed by atoms with van der Waals surface area (Å²) in [7, 11) is -3.91. The molecule has 3 rings (SSSR count). The van der Waals surface area contributed by atoms with Gasteiger partial charge in [0.05, 0.1) is 23.3 Å². The van der Waals surface area contributed by atoms with E-state index >= 15 is 0 Å². The zero-order valence-electron chi connectivity index (χ0n) is 16.4. The topological polar surface area (TPSA) is 117 Å². The summed E-state index contributed by atoms with van der Waals surface area (Å²) in [6.07, 6.45) is 3.05. The third-order valence-electron chi connectivity index (χ3n) is 4.19. The van der Waals surface area contributed by atoms with Crippen molar-refractivity contribution in [1.82, 2.24) is 10.3 Å². The van der Waals surface area contributed by atoms with Crippen LogP contribution in [0.3, 0.4) is 0 Å². The molecule has 0 atom stereocenters. The maximum Gasteiger partial charge on any atom is 0.261 e. The van der Waals surface area contributed by atoms with Crippen molar-refractivity contribution in [3.05, 3.63) is 83.9 Å². The number of rotatable bonds is 7. The van der Waals surface area contributed by atoms with Gasteiger partial charge in [-0.15, -0.1) is 0 Å². The highest BCUT2D eigenvalue weighted by molar-refractivity contribution is 7.92. The molecular formula is C21H19FN4O4S. The highest BCUT2D eigenvalue weighted by Gasteiger charge is 2.16. The average molecular weight is 442 g/mol. The molecule has 0 aliphatic carbocycles. The Morgan fingerprint density at radius 3 is 2.42 bits per heavy atom. The first-order valence-electron chi connectivity index (χ1n) is 9.12. The highest BCUT2D eigenvalue weighted by Crippen LogP contribution is 2.19. The molecule has 0 fully saturated rings. The van der Waals surface area contributed by atoms with Gasteiger partial charge in [-0.1, -0.05) is 0 Å². The van der Waals surface area contributed by atoms with Crippen molar-refractivity contribution in [2.24, 2.45) is 0 Å². The van der Waals surface area contributed by atoms with Gasteiger partial charge in [-0.3, -0.25) is 19.3 Å². The Morgan fingerprint density at radius 2 is 1.77 bits per heavy atom. The molecule has 8 nitrogen and oxygen atoms in total. The number of hydrogen-bond acceptors (Lipinski definition) is 5. The smallest absolute Gasteiger partial charge is 0.261 e. The van der Waals surface area contributed by atoms with E-state index in [1.54, 1.807) is 18.3 Å². The second kappa shape index (κ2) is 9.35. The van der Waals surface area contributed by atoms with E-state index in [2.05, 4.69) is 20.3 Å². The van der Waals surface area contributed by atoms with Gasteiger partial charge >= 0.3 is 0 Å². The molecule has 10 heteroatoms. The van der Waals surface area contributed by atoms with Gasteiger partial charge in [-0.05, 0) is 67.1 Å². The van der Waals surface area contributed by atoms with E-state index in [0.717, 1.165) is 6.07 Å². The van der Waals surface area contributed by atoms with Crippen molar-refractivity contribution in [3.63, 3.8) is 0 Å². The second-order valence-corrected chi connectivity index (χ2v) is 8.25. The minimum Gasteiger partial charge on any atom is -0.343 e. The number of anilines is 2. The van der Waals surface area contributed by atoms with Crippen LogP contribution < -0.4 is 15.4 Å². The molecule has 3 aromatic rings. The van der Waals surface area contributed by atoms with Crippen LogP contribution in [-0.2, 0) is 14.8 Å². The van der Waals surface area contributed by atoms with Crippen molar-refractivity contribution < 1.29 is 22.4 Å². The molecule has 0 unspecified atom stereocenters. The number of aromatic nitrogens is 1. The average Bonchev–Trinajstić information content (AvgIpc) is 2.75. The number of amides is 2. The van der Waals surface area contributed by atoms with Gasteiger partial charge < -0.3 is 10.6 Å². The van der Waals surface area contributed by atoms with Gasteiger partial charge in [0.15, 0.2) is 0 Å². The van der Waals surface area contributed by atoms with Gasteiger partial charge in [0.2, 0.25) is 5.91 Å². The largest absolute Gasteiger partial charge is 0.343 e. The molecule has 31 heavy (non-hydrogen) atoms. The molecule has 2 amide bonds. The third-order valence-corrected chi connectivity index (χ3v) is 5.57. The fourth-order valence-electron chi connectivity index (χ4n) is 2.59. The van der Waals surface area contributed by atoms with Gasteiger partial charge in [-0.25, -0.2) is 12.8 Å². The normalized spacial score (nSPS) is 10.9. The van der Waals surface area contributed by atoms with Crippen LogP contribution in [0.2, 0.25) is 0 Å². The van der Waals surface area contributed by atoms with Crippen molar-refractivity contribution in [2.75, 3.05) is 16.6 Å². The summed E-state index contributed by atoms with van der Waals surface area (Å²) in [5.74, 6) is -1.41. The maximum absolute atomic E-state index is 13.4. The van der Waals surface area contributed by atoms with Crippen molar-refractivity contribution in [3.8, 4) is 0 Å². The van der Waals surface area contributed by atoms with E-state index < -0.39 is 27.7 Å². The molecule has 0 spiro atoms. The van der Waals surface area contributed by atoms with Crippen molar-refractivity contribution >= 4 is 33.2 Å². The molecule has 0 bridgehead atoms. The predicted octanol–water partition coefficient (Wildman–Crippen LogP) is 2.70. The molecule has 0 aliphatic rings. The fourth-order valence-corrected chi connectivity index (χ4v) is 3.74. The summed E-state index contributed by atoms with van der Waals surface area (Å²) in [5.41, 5.74) is 1.19. The van der Waals surface area contributed by atoms with Gasteiger partial charge in [0.1, 0.15) is 5.82 Å². The zero-order chi connectivity index (χ0) is 22.4. The van der Waals surface area contributed by atoms with Crippen LogP contribution in [-0.4, -0.2) is 31.8 Å². The van der Waals surface area contributed by atoms with E-state index in [1.807, 2.05) is 0 Å². The molecule has 3 N–H and O–H groups in total. The molecule has 1 aromatic heterocycles. The van der Waals surface area contributed by atoms with Gasteiger partial charge in [-0.2, -0.15) is 0 Å². The minimum absolute atomic E-state index is 0.0761. The van der Waals surface area contributed by atoms with E-state index in [0.29, 0.717) is 5.69 Å². The summed E-state index contributed by atoms with van der Waals surface area (Å²) in [4.78, 5) is 27.9. The zero-order valence-corrected chi connectivity index (χ0v) is 17.2. The fraction of sp³-hybridized carbons (Fsp3) is 0.0952. The number of nitrogens with one attached hydrogen (secondary N) is 3. The number of aryl methyl sites for hydroxylation is 1. The van der Waals surface area contributed by atoms with Crippen LogP contribution >= 0.6 is 0 Å². The van der Waals surface area contributed by atoms with Crippen LogP contribution in [0.25, 0.3) is 0 Å². The lowest BCUT2D eigenvalue weighted by atomic mass is 10.2. The molecular weight excluding hydrogens is 423 g/mol. The van der Waals surface area contributed by atoms with Crippen molar-refractivity contribution in [2.45, 2.75) is 11.8 Å². The molecule has 2 aromatic carbocycles. The van der Waals surface area contributed by atoms with Gasteiger partial charge in [0.25, 0.3) is 15.9 Å². The molecule has 0 saturated carbocycles. The lowest BCUT2D eigenvalue weighted by Gasteiger charge is -2.10. The Hall–Kier alpha value is -3.79. The second-order valence-electron chi connectivity index (χ2n) is 6.57. The Kier molecular flexibility index (Phi) is 6.61. The Bertz CT molecular complexity index is 1200. The molecule has 160 valence electrons. The molecule has 0 saturated heterocycles. The molecule has 1 heterocycles. The first-order valence-corrected chi connectivity index (χ1v) is 10.6. The number of carbonyl (C=O) groups excluding carboxylic acids is 2. The van der Waals surface area contributed by atoms with Crippen LogP contribution in [0.1, 0.15) is 15.9 Å². The number of nitrogens with zero attached hydrogens (tertiary/aromatic N) is 1. The van der Waals surface area contributed by atoms with Crippen LogP contribution in [0.15, 0.2) is 71.9 Å².